The summed E-state index contributed by atoms with van der Waals surface area (Å²) in [6, 6.07) is 15.1. The lowest BCUT2D eigenvalue weighted by Crippen LogP contribution is -2.21. The number of anilines is 1. The summed E-state index contributed by atoms with van der Waals surface area (Å²) >= 11 is 0. The van der Waals surface area contributed by atoms with E-state index in [2.05, 4.69) is 17.0 Å². The molecule has 2 nitrogen and oxygen atoms in total. The van der Waals surface area contributed by atoms with E-state index in [0.717, 1.165) is 19.5 Å². The van der Waals surface area contributed by atoms with Gasteiger partial charge in [-0.3, -0.25) is 4.79 Å². The number of nitrogens with zero attached hydrogens (tertiary/aromatic N) is 1. The molecule has 0 radical (unpaired) electrons. The molecule has 0 aromatic heterocycles. The third kappa shape index (κ3) is 2.31. The van der Waals surface area contributed by atoms with Gasteiger partial charge in [-0.25, -0.2) is 4.39 Å². The van der Waals surface area contributed by atoms with Crippen molar-refractivity contribution in [3.63, 3.8) is 0 Å². The number of rotatable bonds is 3. The molecule has 3 rings (SSSR count). The second-order valence-corrected chi connectivity index (χ2v) is 5.13. The molecule has 0 bridgehead atoms. The van der Waals surface area contributed by atoms with Gasteiger partial charge in [0.05, 0.1) is 11.3 Å². The fourth-order valence-electron chi connectivity index (χ4n) is 2.89. The molecular formula is C17H16FNO. The lowest BCUT2D eigenvalue weighted by Gasteiger charge is -2.20. The van der Waals surface area contributed by atoms with E-state index < -0.39 is 5.82 Å². The fourth-order valence-corrected chi connectivity index (χ4v) is 2.89. The van der Waals surface area contributed by atoms with Crippen molar-refractivity contribution >= 4 is 12.0 Å². The molecule has 1 saturated heterocycles. The van der Waals surface area contributed by atoms with Crippen molar-refractivity contribution in [2.24, 2.45) is 0 Å². The van der Waals surface area contributed by atoms with E-state index in [1.807, 2.05) is 24.3 Å². The van der Waals surface area contributed by atoms with E-state index in [1.165, 1.54) is 11.6 Å². The second-order valence-electron chi connectivity index (χ2n) is 5.13. The van der Waals surface area contributed by atoms with Crippen LogP contribution >= 0.6 is 0 Å². The standard InChI is InChI=1S/C17H16FNO/c18-16-7-4-8-17(15(16)12-20)19-10-9-14(11-19)13-5-2-1-3-6-13/h1-8,12,14H,9-11H2. The minimum Gasteiger partial charge on any atom is -0.370 e. The highest BCUT2D eigenvalue weighted by Crippen LogP contribution is 2.32. The fraction of sp³-hybridized carbons (Fsp3) is 0.235. The van der Waals surface area contributed by atoms with E-state index in [4.69, 9.17) is 0 Å². The van der Waals surface area contributed by atoms with Gasteiger partial charge in [0.1, 0.15) is 5.82 Å². The van der Waals surface area contributed by atoms with Crippen LogP contribution in [0.15, 0.2) is 48.5 Å². The van der Waals surface area contributed by atoms with Gasteiger partial charge in [0, 0.05) is 19.0 Å². The Morgan fingerprint density at radius 2 is 1.90 bits per heavy atom. The second kappa shape index (κ2) is 5.45. The van der Waals surface area contributed by atoms with Gasteiger partial charge in [-0.2, -0.15) is 0 Å². The van der Waals surface area contributed by atoms with Crippen LogP contribution in [0.3, 0.4) is 0 Å². The van der Waals surface area contributed by atoms with Gasteiger partial charge in [-0.1, -0.05) is 36.4 Å². The van der Waals surface area contributed by atoms with Crippen LogP contribution < -0.4 is 4.90 Å². The molecule has 1 heterocycles. The number of hydrogen-bond acceptors (Lipinski definition) is 2. The Morgan fingerprint density at radius 1 is 1.10 bits per heavy atom. The van der Waals surface area contributed by atoms with Crippen LogP contribution in [-0.2, 0) is 0 Å². The van der Waals surface area contributed by atoms with Crippen molar-refractivity contribution in [1.82, 2.24) is 0 Å². The van der Waals surface area contributed by atoms with Gasteiger partial charge < -0.3 is 4.90 Å². The number of benzene rings is 2. The van der Waals surface area contributed by atoms with Gasteiger partial charge in [0.25, 0.3) is 0 Å². The van der Waals surface area contributed by atoms with Crippen LogP contribution in [0.1, 0.15) is 28.3 Å². The number of aldehydes is 1. The number of carbonyl (C=O) groups is 1. The van der Waals surface area contributed by atoms with Crippen molar-refractivity contribution < 1.29 is 9.18 Å². The highest BCUT2D eigenvalue weighted by atomic mass is 19.1. The normalized spacial score (nSPS) is 18.2. The average molecular weight is 269 g/mol. The molecule has 0 saturated carbocycles. The lowest BCUT2D eigenvalue weighted by atomic mass is 9.99. The van der Waals surface area contributed by atoms with Gasteiger partial charge in [-0.15, -0.1) is 0 Å². The van der Waals surface area contributed by atoms with E-state index in [-0.39, 0.29) is 5.56 Å². The molecule has 2 aromatic rings. The summed E-state index contributed by atoms with van der Waals surface area (Å²) in [6.45, 7) is 1.68. The predicted octanol–water partition coefficient (Wildman–Crippen LogP) is 3.63. The zero-order valence-corrected chi connectivity index (χ0v) is 11.1. The first kappa shape index (κ1) is 12.9. The molecule has 1 atom stereocenters. The van der Waals surface area contributed by atoms with E-state index in [0.29, 0.717) is 17.9 Å². The minimum atomic E-state index is -0.444. The quantitative estimate of drug-likeness (QED) is 0.793. The van der Waals surface area contributed by atoms with Crippen molar-refractivity contribution in [3.8, 4) is 0 Å². The topological polar surface area (TPSA) is 20.3 Å². The third-order valence-electron chi connectivity index (χ3n) is 3.95. The molecule has 1 aliphatic rings. The third-order valence-corrected chi connectivity index (χ3v) is 3.95. The van der Waals surface area contributed by atoms with Gasteiger partial charge >= 0.3 is 0 Å². The molecule has 0 amide bonds. The van der Waals surface area contributed by atoms with E-state index in [1.54, 1.807) is 6.07 Å². The Morgan fingerprint density at radius 3 is 2.65 bits per heavy atom. The Kier molecular flexibility index (Phi) is 3.50. The monoisotopic (exact) mass is 269 g/mol. The SMILES string of the molecule is O=Cc1c(F)cccc1N1CCC(c2ccccc2)C1. The highest BCUT2D eigenvalue weighted by Gasteiger charge is 2.25. The molecular weight excluding hydrogens is 253 g/mol. The number of halogens is 1. The summed E-state index contributed by atoms with van der Waals surface area (Å²) in [5.41, 5.74) is 2.18. The maximum Gasteiger partial charge on any atom is 0.155 e. The first-order valence-corrected chi connectivity index (χ1v) is 6.83. The summed E-state index contributed by atoms with van der Waals surface area (Å²) in [7, 11) is 0. The molecule has 3 heteroatoms. The molecule has 0 N–H and O–H groups in total. The van der Waals surface area contributed by atoms with E-state index in [9.17, 15) is 9.18 Å². The van der Waals surface area contributed by atoms with Crippen LogP contribution in [-0.4, -0.2) is 19.4 Å². The predicted molar refractivity (Wildman–Crippen MR) is 77.8 cm³/mol. The van der Waals surface area contributed by atoms with Crippen molar-refractivity contribution in [1.29, 1.82) is 0 Å². The summed E-state index contributed by atoms with van der Waals surface area (Å²) in [6.07, 6.45) is 1.64. The van der Waals surface area contributed by atoms with Gasteiger partial charge in [0.15, 0.2) is 6.29 Å². The number of hydrogen-bond donors (Lipinski definition) is 0. The summed E-state index contributed by atoms with van der Waals surface area (Å²) in [5.74, 6) is -0.000342. The van der Waals surface area contributed by atoms with Crippen LogP contribution in [0.2, 0.25) is 0 Å². The van der Waals surface area contributed by atoms with Crippen LogP contribution in [0.4, 0.5) is 10.1 Å². The molecule has 20 heavy (non-hydrogen) atoms. The first-order chi connectivity index (χ1) is 9.79. The van der Waals surface area contributed by atoms with Crippen LogP contribution in [0.5, 0.6) is 0 Å². The molecule has 1 aliphatic heterocycles. The summed E-state index contributed by atoms with van der Waals surface area (Å²) in [4.78, 5) is 13.2. The minimum absolute atomic E-state index is 0.168. The van der Waals surface area contributed by atoms with Gasteiger partial charge in [0.2, 0.25) is 0 Å². The zero-order valence-electron chi connectivity index (χ0n) is 11.1. The molecule has 1 fully saturated rings. The maximum absolute atomic E-state index is 13.7. The molecule has 0 aliphatic carbocycles. The smallest absolute Gasteiger partial charge is 0.155 e. The van der Waals surface area contributed by atoms with Gasteiger partial charge in [-0.05, 0) is 24.1 Å². The lowest BCUT2D eigenvalue weighted by molar-refractivity contribution is 0.112. The average Bonchev–Trinajstić information content (AvgIpc) is 2.97. The van der Waals surface area contributed by atoms with Crippen molar-refractivity contribution in [2.75, 3.05) is 18.0 Å². The van der Waals surface area contributed by atoms with Crippen molar-refractivity contribution in [2.45, 2.75) is 12.3 Å². The molecule has 2 aromatic carbocycles. The highest BCUT2D eigenvalue weighted by molar-refractivity contribution is 5.85. The molecule has 1 unspecified atom stereocenters. The summed E-state index contributed by atoms with van der Waals surface area (Å²) < 4.78 is 13.7. The Hall–Kier alpha value is -2.16. The first-order valence-electron chi connectivity index (χ1n) is 6.83. The Balaban J connectivity index is 1.84. The largest absolute Gasteiger partial charge is 0.370 e. The van der Waals surface area contributed by atoms with Crippen molar-refractivity contribution in [3.05, 3.63) is 65.5 Å². The molecule has 102 valence electrons. The Bertz CT molecular complexity index is 612. The summed E-state index contributed by atoms with van der Waals surface area (Å²) in [5, 5.41) is 0. The molecule has 0 spiro atoms. The zero-order chi connectivity index (χ0) is 13.9. The van der Waals surface area contributed by atoms with E-state index >= 15 is 0 Å². The van der Waals surface area contributed by atoms with Crippen LogP contribution in [0.25, 0.3) is 0 Å². The van der Waals surface area contributed by atoms with Crippen LogP contribution in [0, 0.1) is 5.82 Å². The Labute approximate surface area is 117 Å². The number of carbonyl (C=O) groups excluding carboxylic acids is 1. The maximum atomic E-state index is 13.7.